The fourth-order valence-corrected chi connectivity index (χ4v) is 3.82. The van der Waals surface area contributed by atoms with E-state index in [1.807, 2.05) is 6.07 Å². The van der Waals surface area contributed by atoms with Gasteiger partial charge in [0.15, 0.2) is 11.5 Å². The molecule has 7 nitrogen and oxygen atoms in total. The Morgan fingerprint density at radius 2 is 1.85 bits per heavy atom. The van der Waals surface area contributed by atoms with E-state index in [2.05, 4.69) is 10.6 Å². The first kappa shape index (κ1) is 18.9. The van der Waals surface area contributed by atoms with E-state index in [4.69, 9.17) is 14.2 Å². The lowest BCUT2D eigenvalue weighted by Crippen LogP contribution is -2.32. The van der Waals surface area contributed by atoms with Gasteiger partial charge in [-0.3, -0.25) is 9.59 Å². The van der Waals surface area contributed by atoms with Crippen molar-refractivity contribution in [3.8, 4) is 17.2 Å². The molecule has 27 heavy (non-hydrogen) atoms. The van der Waals surface area contributed by atoms with Crippen LogP contribution < -0.4 is 24.8 Å². The number of hydrogen-bond donors (Lipinski definition) is 2. The van der Waals surface area contributed by atoms with Crippen LogP contribution in [-0.4, -0.2) is 38.4 Å². The average Bonchev–Trinajstić information content (AvgIpc) is 2.68. The molecule has 0 unspecified atom stereocenters. The molecule has 1 atom stereocenters. The van der Waals surface area contributed by atoms with Crippen LogP contribution in [0.3, 0.4) is 0 Å². The predicted molar refractivity (Wildman–Crippen MR) is 104 cm³/mol. The van der Waals surface area contributed by atoms with Gasteiger partial charge in [0, 0.05) is 23.1 Å². The SMILES string of the molecule is COc1ccc2c(c1)S[C@@H](CC(=O)Nc1ccc(OC)c(OC)c1)C(=O)N2. The highest BCUT2D eigenvalue weighted by Gasteiger charge is 2.29. The molecule has 0 fully saturated rings. The average molecular weight is 388 g/mol. The van der Waals surface area contributed by atoms with Crippen molar-refractivity contribution in [3.63, 3.8) is 0 Å². The number of rotatable bonds is 6. The maximum Gasteiger partial charge on any atom is 0.238 e. The van der Waals surface area contributed by atoms with Gasteiger partial charge in [0.2, 0.25) is 11.8 Å². The van der Waals surface area contributed by atoms with Gasteiger partial charge < -0.3 is 24.8 Å². The summed E-state index contributed by atoms with van der Waals surface area (Å²) >= 11 is 1.35. The third-order valence-corrected chi connectivity index (χ3v) is 5.30. The number of benzene rings is 2. The number of ether oxygens (including phenoxy) is 3. The first-order chi connectivity index (χ1) is 13.0. The molecule has 142 valence electrons. The zero-order chi connectivity index (χ0) is 19.4. The van der Waals surface area contributed by atoms with Gasteiger partial charge in [0.1, 0.15) is 5.75 Å². The van der Waals surface area contributed by atoms with Crippen LogP contribution in [0.15, 0.2) is 41.3 Å². The van der Waals surface area contributed by atoms with Gasteiger partial charge >= 0.3 is 0 Å². The highest BCUT2D eigenvalue weighted by molar-refractivity contribution is 8.01. The molecule has 0 spiro atoms. The molecule has 2 aromatic carbocycles. The Bertz CT molecular complexity index is 871. The molecule has 0 saturated carbocycles. The summed E-state index contributed by atoms with van der Waals surface area (Å²) in [5.41, 5.74) is 1.29. The fraction of sp³-hybridized carbons (Fsp3) is 0.263. The molecule has 2 aromatic rings. The Labute approximate surface area is 161 Å². The summed E-state index contributed by atoms with van der Waals surface area (Å²) in [7, 11) is 4.65. The molecule has 1 aliphatic rings. The molecule has 0 aromatic heterocycles. The Morgan fingerprint density at radius 1 is 1.07 bits per heavy atom. The van der Waals surface area contributed by atoms with Crippen molar-refractivity contribution in [1.29, 1.82) is 0 Å². The number of methoxy groups -OCH3 is 3. The van der Waals surface area contributed by atoms with Crippen LogP contribution >= 0.6 is 11.8 Å². The van der Waals surface area contributed by atoms with E-state index in [-0.39, 0.29) is 18.2 Å². The van der Waals surface area contributed by atoms with Crippen LogP contribution in [0.25, 0.3) is 0 Å². The van der Waals surface area contributed by atoms with Crippen molar-refractivity contribution in [1.82, 2.24) is 0 Å². The molecule has 2 N–H and O–H groups in total. The van der Waals surface area contributed by atoms with Crippen LogP contribution in [0.4, 0.5) is 11.4 Å². The minimum Gasteiger partial charge on any atom is -0.497 e. The number of amides is 2. The minimum absolute atomic E-state index is 0.0431. The van der Waals surface area contributed by atoms with E-state index >= 15 is 0 Å². The van der Waals surface area contributed by atoms with Gasteiger partial charge in [-0.1, -0.05) is 0 Å². The molecule has 3 rings (SSSR count). The monoisotopic (exact) mass is 388 g/mol. The lowest BCUT2D eigenvalue weighted by Gasteiger charge is -2.24. The van der Waals surface area contributed by atoms with Crippen molar-refractivity contribution in [2.45, 2.75) is 16.6 Å². The lowest BCUT2D eigenvalue weighted by molar-refractivity contribution is -0.120. The second-order valence-corrected chi connectivity index (χ2v) is 7.02. The molecule has 0 bridgehead atoms. The van der Waals surface area contributed by atoms with Crippen LogP contribution in [0.5, 0.6) is 17.2 Å². The van der Waals surface area contributed by atoms with Gasteiger partial charge in [-0.25, -0.2) is 0 Å². The second kappa shape index (κ2) is 8.22. The normalized spacial score (nSPS) is 15.4. The van der Waals surface area contributed by atoms with E-state index in [0.717, 1.165) is 10.6 Å². The van der Waals surface area contributed by atoms with Gasteiger partial charge in [-0.15, -0.1) is 11.8 Å². The third kappa shape index (κ3) is 4.28. The van der Waals surface area contributed by atoms with Crippen LogP contribution in [-0.2, 0) is 9.59 Å². The van der Waals surface area contributed by atoms with Crippen LogP contribution in [0.2, 0.25) is 0 Å². The predicted octanol–water partition coefficient (Wildman–Crippen LogP) is 3.15. The van der Waals surface area contributed by atoms with Crippen molar-refractivity contribution in [2.24, 2.45) is 0 Å². The molecule has 0 aliphatic carbocycles. The largest absolute Gasteiger partial charge is 0.497 e. The molecule has 1 heterocycles. The molecule has 1 aliphatic heterocycles. The summed E-state index contributed by atoms with van der Waals surface area (Å²) in [6, 6.07) is 10.5. The number of fused-ring (bicyclic) bond motifs is 1. The first-order valence-electron chi connectivity index (χ1n) is 8.21. The number of carbonyl (C=O) groups excluding carboxylic acids is 2. The summed E-state index contributed by atoms with van der Waals surface area (Å²) in [5, 5.41) is 5.10. The molecular formula is C19H20N2O5S. The molecular weight excluding hydrogens is 368 g/mol. The summed E-state index contributed by atoms with van der Waals surface area (Å²) in [4.78, 5) is 25.6. The highest BCUT2D eigenvalue weighted by atomic mass is 32.2. The summed E-state index contributed by atoms with van der Waals surface area (Å²) < 4.78 is 15.6. The first-order valence-corrected chi connectivity index (χ1v) is 9.09. The summed E-state index contributed by atoms with van der Waals surface area (Å²) in [6.45, 7) is 0. The number of nitrogens with one attached hydrogen (secondary N) is 2. The van der Waals surface area contributed by atoms with E-state index in [0.29, 0.717) is 22.9 Å². The quantitative estimate of drug-likeness (QED) is 0.791. The molecule has 0 saturated heterocycles. The minimum atomic E-state index is -0.523. The zero-order valence-electron chi connectivity index (χ0n) is 15.2. The Kier molecular flexibility index (Phi) is 5.75. The Hall–Kier alpha value is -2.87. The molecule has 0 radical (unpaired) electrons. The Balaban J connectivity index is 1.68. The van der Waals surface area contributed by atoms with Crippen molar-refractivity contribution >= 4 is 35.0 Å². The van der Waals surface area contributed by atoms with Crippen LogP contribution in [0, 0.1) is 0 Å². The van der Waals surface area contributed by atoms with Gasteiger partial charge in [-0.2, -0.15) is 0 Å². The highest BCUT2D eigenvalue weighted by Crippen LogP contribution is 2.39. The maximum atomic E-state index is 12.4. The van der Waals surface area contributed by atoms with E-state index in [9.17, 15) is 9.59 Å². The van der Waals surface area contributed by atoms with Gasteiger partial charge in [0.05, 0.1) is 32.3 Å². The fourth-order valence-electron chi connectivity index (χ4n) is 2.68. The standard InChI is InChI=1S/C19H20N2O5S/c1-24-12-5-6-13-16(9-12)27-17(19(23)21-13)10-18(22)20-11-4-7-14(25-2)15(8-11)26-3/h4-9,17H,10H2,1-3H3,(H,20,22)(H,21,23)/t17-/m0/s1. The number of anilines is 2. The smallest absolute Gasteiger partial charge is 0.238 e. The zero-order valence-corrected chi connectivity index (χ0v) is 16.0. The van der Waals surface area contributed by atoms with Crippen molar-refractivity contribution < 1.29 is 23.8 Å². The van der Waals surface area contributed by atoms with Crippen molar-refractivity contribution in [3.05, 3.63) is 36.4 Å². The van der Waals surface area contributed by atoms with E-state index in [1.165, 1.54) is 18.9 Å². The lowest BCUT2D eigenvalue weighted by atomic mass is 10.2. The van der Waals surface area contributed by atoms with Crippen LogP contribution in [0.1, 0.15) is 6.42 Å². The third-order valence-electron chi connectivity index (χ3n) is 4.05. The molecule has 8 heteroatoms. The van der Waals surface area contributed by atoms with E-state index in [1.54, 1.807) is 44.6 Å². The maximum absolute atomic E-state index is 12.4. The summed E-state index contributed by atoms with van der Waals surface area (Å²) in [6.07, 6.45) is 0.0431. The Morgan fingerprint density at radius 3 is 2.56 bits per heavy atom. The van der Waals surface area contributed by atoms with Gasteiger partial charge in [0.25, 0.3) is 0 Å². The van der Waals surface area contributed by atoms with Crippen molar-refractivity contribution in [2.75, 3.05) is 32.0 Å². The number of thioether (sulfide) groups is 1. The number of carbonyl (C=O) groups is 2. The second-order valence-electron chi connectivity index (χ2n) is 5.78. The topological polar surface area (TPSA) is 85.9 Å². The van der Waals surface area contributed by atoms with Gasteiger partial charge in [-0.05, 0) is 30.3 Å². The van der Waals surface area contributed by atoms with E-state index < -0.39 is 5.25 Å². The summed E-state index contributed by atoms with van der Waals surface area (Å²) in [5.74, 6) is 1.33. The molecule has 2 amide bonds. The number of hydrogen-bond acceptors (Lipinski definition) is 6.